The van der Waals surface area contributed by atoms with Crippen molar-refractivity contribution in [1.29, 1.82) is 0 Å². The van der Waals surface area contributed by atoms with E-state index in [2.05, 4.69) is 12.2 Å². The zero-order valence-corrected chi connectivity index (χ0v) is 8.18. The molecule has 2 heteroatoms. The van der Waals surface area contributed by atoms with Gasteiger partial charge in [-0.05, 0) is 44.7 Å². The smallest absolute Gasteiger partial charge is 0.00671 e. The molecule has 12 heavy (non-hydrogen) atoms. The molecule has 2 unspecified atom stereocenters. The van der Waals surface area contributed by atoms with Crippen molar-refractivity contribution < 1.29 is 0 Å². The predicted octanol–water partition coefficient (Wildman–Crippen LogP) is 1.50. The Hall–Kier alpha value is -0.0800. The Bertz CT molecular complexity index is 108. The van der Waals surface area contributed by atoms with Crippen molar-refractivity contribution in [2.45, 2.75) is 45.1 Å². The molecule has 0 aliphatic carbocycles. The second-order valence-corrected chi connectivity index (χ2v) is 4.07. The van der Waals surface area contributed by atoms with E-state index >= 15 is 0 Å². The summed E-state index contributed by atoms with van der Waals surface area (Å²) in [4.78, 5) is 0. The monoisotopic (exact) mass is 170 g/mol. The van der Waals surface area contributed by atoms with Crippen LogP contribution in [-0.4, -0.2) is 19.1 Å². The van der Waals surface area contributed by atoms with Gasteiger partial charge in [0, 0.05) is 6.04 Å². The van der Waals surface area contributed by atoms with Crippen LogP contribution in [0.15, 0.2) is 0 Å². The second-order valence-electron chi connectivity index (χ2n) is 4.07. The molecule has 0 saturated carbocycles. The molecular formula is C10H22N2. The van der Waals surface area contributed by atoms with Gasteiger partial charge >= 0.3 is 0 Å². The second kappa shape index (κ2) is 5.55. The minimum absolute atomic E-state index is 0.703. The maximum Gasteiger partial charge on any atom is 0.00671 e. The molecule has 1 aliphatic rings. The lowest BCUT2D eigenvalue weighted by Crippen LogP contribution is -2.34. The van der Waals surface area contributed by atoms with Gasteiger partial charge in [-0.25, -0.2) is 0 Å². The van der Waals surface area contributed by atoms with Crippen LogP contribution in [-0.2, 0) is 0 Å². The number of nitrogens with two attached hydrogens (primary N) is 1. The Morgan fingerprint density at radius 3 is 2.92 bits per heavy atom. The molecule has 1 heterocycles. The molecular weight excluding hydrogens is 148 g/mol. The SMILES string of the molecule is CC(CN)CCC1CCCCN1. The summed E-state index contributed by atoms with van der Waals surface area (Å²) < 4.78 is 0. The van der Waals surface area contributed by atoms with Crippen molar-refractivity contribution in [3.8, 4) is 0 Å². The first-order chi connectivity index (χ1) is 5.83. The molecule has 0 radical (unpaired) electrons. The van der Waals surface area contributed by atoms with Gasteiger partial charge in [0.05, 0.1) is 0 Å². The molecule has 0 aromatic rings. The third kappa shape index (κ3) is 3.55. The van der Waals surface area contributed by atoms with E-state index in [0.717, 1.165) is 12.6 Å². The Labute approximate surface area is 75.9 Å². The van der Waals surface area contributed by atoms with Crippen LogP contribution in [0, 0.1) is 5.92 Å². The van der Waals surface area contributed by atoms with Crippen LogP contribution in [0.2, 0.25) is 0 Å². The first kappa shape index (κ1) is 10.0. The van der Waals surface area contributed by atoms with Crippen molar-refractivity contribution in [3.05, 3.63) is 0 Å². The van der Waals surface area contributed by atoms with Gasteiger partial charge in [-0.2, -0.15) is 0 Å². The van der Waals surface area contributed by atoms with Crippen LogP contribution in [0.25, 0.3) is 0 Å². The number of hydrogen-bond donors (Lipinski definition) is 2. The highest BCUT2D eigenvalue weighted by Crippen LogP contribution is 2.14. The summed E-state index contributed by atoms with van der Waals surface area (Å²) in [5.74, 6) is 0.703. The van der Waals surface area contributed by atoms with Crippen molar-refractivity contribution in [1.82, 2.24) is 5.32 Å². The number of piperidine rings is 1. The highest BCUT2D eigenvalue weighted by Gasteiger charge is 2.12. The fourth-order valence-corrected chi connectivity index (χ4v) is 1.77. The minimum atomic E-state index is 0.703. The summed E-state index contributed by atoms with van der Waals surface area (Å²) in [5, 5.41) is 3.56. The maximum absolute atomic E-state index is 5.57. The van der Waals surface area contributed by atoms with Gasteiger partial charge in [-0.1, -0.05) is 13.3 Å². The summed E-state index contributed by atoms with van der Waals surface area (Å²) in [6.07, 6.45) is 6.75. The lowest BCUT2D eigenvalue weighted by molar-refractivity contribution is 0.354. The number of rotatable bonds is 4. The highest BCUT2D eigenvalue weighted by atomic mass is 14.9. The molecule has 2 nitrogen and oxygen atoms in total. The van der Waals surface area contributed by atoms with E-state index < -0.39 is 0 Å². The summed E-state index contributed by atoms with van der Waals surface area (Å²) in [6.45, 7) is 4.30. The van der Waals surface area contributed by atoms with Crippen LogP contribution >= 0.6 is 0 Å². The molecule has 1 fully saturated rings. The fraction of sp³-hybridized carbons (Fsp3) is 1.00. The molecule has 0 spiro atoms. The summed E-state index contributed by atoms with van der Waals surface area (Å²) >= 11 is 0. The Balaban J connectivity index is 2.05. The largest absolute Gasteiger partial charge is 0.330 e. The average Bonchev–Trinajstić information content (AvgIpc) is 2.16. The molecule has 2 atom stereocenters. The van der Waals surface area contributed by atoms with Gasteiger partial charge in [0.2, 0.25) is 0 Å². The third-order valence-electron chi connectivity index (χ3n) is 2.82. The zero-order valence-electron chi connectivity index (χ0n) is 8.18. The normalized spacial score (nSPS) is 27.0. The van der Waals surface area contributed by atoms with Gasteiger partial charge in [-0.15, -0.1) is 0 Å². The van der Waals surface area contributed by atoms with Crippen LogP contribution in [0.3, 0.4) is 0 Å². The van der Waals surface area contributed by atoms with Crippen molar-refractivity contribution in [2.75, 3.05) is 13.1 Å². The van der Waals surface area contributed by atoms with Gasteiger partial charge in [0.25, 0.3) is 0 Å². The van der Waals surface area contributed by atoms with Gasteiger partial charge in [0.1, 0.15) is 0 Å². The molecule has 3 N–H and O–H groups in total. The molecule has 72 valence electrons. The van der Waals surface area contributed by atoms with E-state index in [-0.39, 0.29) is 0 Å². The fourth-order valence-electron chi connectivity index (χ4n) is 1.77. The van der Waals surface area contributed by atoms with Crippen molar-refractivity contribution >= 4 is 0 Å². The average molecular weight is 170 g/mol. The van der Waals surface area contributed by atoms with E-state index in [1.54, 1.807) is 0 Å². The van der Waals surface area contributed by atoms with Gasteiger partial charge in [0.15, 0.2) is 0 Å². The van der Waals surface area contributed by atoms with Crippen molar-refractivity contribution in [3.63, 3.8) is 0 Å². The van der Waals surface area contributed by atoms with Crippen LogP contribution < -0.4 is 11.1 Å². The van der Waals surface area contributed by atoms with E-state index in [4.69, 9.17) is 5.73 Å². The lowest BCUT2D eigenvalue weighted by atomic mass is 9.96. The standard InChI is InChI=1S/C10H22N2/c1-9(8-11)5-6-10-4-2-3-7-12-10/h9-10,12H,2-8,11H2,1H3. The van der Waals surface area contributed by atoms with E-state index in [1.807, 2.05) is 0 Å². The van der Waals surface area contributed by atoms with Gasteiger partial charge in [-0.3, -0.25) is 0 Å². The summed E-state index contributed by atoms with van der Waals surface area (Å²) in [6, 6.07) is 0.785. The van der Waals surface area contributed by atoms with Crippen LogP contribution in [0.1, 0.15) is 39.0 Å². The Morgan fingerprint density at radius 1 is 1.50 bits per heavy atom. The van der Waals surface area contributed by atoms with E-state index in [9.17, 15) is 0 Å². The Morgan fingerprint density at radius 2 is 2.33 bits per heavy atom. The van der Waals surface area contributed by atoms with Crippen LogP contribution in [0.5, 0.6) is 0 Å². The minimum Gasteiger partial charge on any atom is -0.330 e. The first-order valence-corrected chi connectivity index (χ1v) is 5.26. The zero-order chi connectivity index (χ0) is 8.81. The number of nitrogens with one attached hydrogen (secondary N) is 1. The number of hydrogen-bond acceptors (Lipinski definition) is 2. The van der Waals surface area contributed by atoms with Gasteiger partial charge < -0.3 is 11.1 Å². The Kier molecular flexibility index (Phi) is 4.62. The molecule has 0 bridgehead atoms. The maximum atomic E-state index is 5.57. The van der Waals surface area contributed by atoms with Crippen LogP contribution in [0.4, 0.5) is 0 Å². The predicted molar refractivity (Wildman–Crippen MR) is 53.1 cm³/mol. The molecule has 0 aromatic heterocycles. The first-order valence-electron chi connectivity index (χ1n) is 5.26. The quantitative estimate of drug-likeness (QED) is 0.671. The summed E-state index contributed by atoms with van der Waals surface area (Å²) in [5.41, 5.74) is 5.57. The third-order valence-corrected chi connectivity index (χ3v) is 2.82. The lowest BCUT2D eigenvalue weighted by Gasteiger charge is -2.24. The highest BCUT2D eigenvalue weighted by molar-refractivity contribution is 4.72. The van der Waals surface area contributed by atoms with E-state index in [1.165, 1.54) is 38.6 Å². The van der Waals surface area contributed by atoms with E-state index in [0.29, 0.717) is 5.92 Å². The molecule has 0 aromatic carbocycles. The molecule has 1 saturated heterocycles. The topological polar surface area (TPSA) is 38.0 Å². The van der Waals surface area contributed by atoms with Crippen molar-refractivity contribution in [2.24, 2.45) is 11.7 Å². The molecule has 1 rings (SSSR count). The molecule has 1 aliphatic heterocycles. The molecule has 0 amide bonds. The summed E-state index contributed by atoms with van der Waals surface area (Å²) in [7, 11) is 0.